The zero-order valence-corrected chi connectivity index (χ0v) is 13.7. The average molecular weight is 308 g/mol. The highest BCUT2D eigenvalue weighted by atomic mass is 16.6. The number of hydrogen-bond acceptors (Lipinski definition) is 4. The van der Waals surface area contributed by atoms with Gasteiger partial charge in [0.2, 0.25) is 0 Å². The zero-order chi connectivity index (χ0) is 16.9. The van der Waals surface area contributed by atoms with Gasteiger partial charge in [0.1, 0.15) is 12.1 Å². The average Bonchev–Trinajstić information content (AvgIpc) is 2.42. The van der Waals surface area contributed by atoms with Gasteiger partial charge in [0, 0.05) is 7.05 Å². The molecule has 0 radical (unpaired) electrons. The number of amides is 1. The minimum atomic E-state index is -1.02. The minimum absolute atomic E-state index is 0.283. The van der Waals surface area contributed by atoms with E-state index in [4.69, 9.17) is 9.84 Å². The molecule has 1 atom stereocenters. The fourth-order valence-electron chi connectivity index (χ4n) is 1.98. The normalized spacial score (nSPS) is 12.8. The van der Waals surface area contributed by atoms with Crippen molar-refractivity contribution in [2.75, 3.05) is 13.6 Å². The van der Waals surface area contributed by atoms with Gasteiger partial charge in [-0.1, -0.05) is 30.3 Å². The van der Waals surface area contributed by atoms with E-state index in [9.17, 15) is 9.59 Å². The van der Waals surface area contributed by atoms with Crippen LogP contribution >= 0.6 is 0 Å². The SMILES string of the molecule is CC(c1ccccc1)N(CC(=O)O)N(C)C(=O)OC(C)(C)C. The number of carbonyl (C=O) groups excluding carboxylic acids is 1. The fraction of sp³-hybridized carbons (Fsp3) is 0.500. The number of nitrogens with zero attached hydrogens (tertiary/aromatic N) is 2. The number of rotatable bonds is 5. The van der Waals surface area contributed by atoms with Crippen LogP contribution in [0.2, 0.25) is 0 Å². The van der Waals surface area contributed by atoms with Crippen LogP contribution in [0.5, 0.6) is 0 Å². The number of benzene rings is 1. The molecule has 1 aromatic carbocycles. The zero-order valence-electron chi connectivity index (χ0n) is 13.7. The summed E-state index contributed by atoms with van der Waals surface area (Å²) in [5.74, 6) is -1.02. The Morgan fingerprint density at radius 3 is 2.23 bits per heavy atom. The number of aliphatic carboxylic acids is 1. The first kappa shape index (κ1) is 18.0. The Bertz CT molecular complexity index is 511. The number of carbonyl (C=O) groups is 2. The molecule has 0 saturated carbocycles. The summed E-state index contributed by atoms with van der Waals surface area (Å²) in [6.45, 7) is 6.84. The lowest BCUT2D eigenvalue weighted by atomic mass is 10.1. The standard InChI is InChI=1S/C16H24N2O4/c1-12(13-9-7-6-8-10-13)18(11-14(19)20)17(5)15(21)22-16(2,3)4/h6-10,12H,11H2,1-5H3,(H,19,20). The molecule has 1 aromatic rings. The van der Waals surface area contributed by atoms with Gasteiger partial charge in [-0.25, -0.2) is 9.80 Å². The maximum Gasteiger partial charge on any atom is 0.424 e. The molecular formula is C16H24N2O4. The van der Waals surface area contributed by atoms with E-state index >= 15 is 0 Å². The van der Waals surface area contributed by atoms with E-state index in [1.165, 1.54) is 17.1 Å². The fourth-order valence-corrected chi connectivity index (χ4v) is 1.98. The van der Waals surface area contributed by atoms with Crippen molar-refractivity contribution < 1.29 is 19.4 Å². The van der Waals surface area contributed by atoms with E-state index in [1.54, 1.807) is 20.8 Å². The topological polar surface area (TPSA) is 70.1 Å². The lowest BCUT2D eigenvalue weighted by Crippen LogP contribution is -2.49. The van der Waals surface area contributed by atoms with Gasteiger partial charge in [0.15, 0.2) is 0 Å². The molecule has 0 fully saturated rings. The number of hydrogen-bond donors (Lipinski definition) is 1. The van der Waals surface area contributed by atoms with Crippen molar-refractivity contribution in [2.45, 2.75) is 39.3 Å². The molecule has 1 unspecified atom stereocenters. The van der Waals surface area contributed by atoms with Crippen LogP contribution in [0, 0.1) is 0 Å². The predicted molar refractivity (Wildman–Crippen MR) is 83.2 cm³/mol. The summed E-state index contributed by atoms with van der Waals surface area (Å²) in [4.78, 5) is 23.3. The molecule has 0 aliphatic carbocycles. The van der Waals surface area contributed by atoms with Gasteiger partial charge in [0.25, 0.3) is 0 Å². The lowest BCUT2D eigenvalue weighted by molar-refractivity contribution is -0.144. The molecule has 122 valence electrons. The number of ether oxygens (including phenoxy) is 1. The Kier molecular flexibility index (Phi) is 5.93. The molecule has 6 nitrogen and oxygen atoms in total. The Balaban J connectivity index is 2.97. The monoisotopic (exact) mass is 308 g/mol. The Hall–Kier alpha value is -2.08. The van der Waals surface area contributed by atoms with Crippen LogP contribution in [-0.4, -0.2) is 46.4 Å². The van der Waals surface area contributed by atoms with Crippen molar-refractivity contribution in [1.29, 1.82) is 0 Å². The summed E-state index contributed by atoms with van der Waals surface area (Å²) >= 11 is 0. The molecule has 0 spiro atoms. The highest BCUT2D eigenvalue weighted by Gasteiger charge is 2.29. The summed E-state index contributed by atoms with van der Waals surface area (Å²) in [5.41, 5.74) is 0.273. The second kappa shape index (κ2) is 7.26. The molecule has 0 saturated heterocycles. The Labute approximate surface area is 131 Å². The number of hydrazine groups is 1. The maximum atomic E-state index is 12.2. The first-order chi connectivity index (χ1) is 10.1. The first-order valence-corrected chi connectivity index (χ1v) is 7.12. The van der Waals surface area contributed by atoms with Gasteiger partial charge in [0.05, 0.1) is 6.04 Å². The van der Waals surface area contributed by atoms with E-state index < -0.39 is 17.7 Å². The van der Waals surface area contributed by atoms with Gasteiger partial charge in [-0.05, 0) is 33.3 Å². The van der Waals surface area contributed by atoms with Crippen molar-refractivity contribution in [2.24, 2.45) is 0 Å². The molecular weight excluding hydrogens is 284 g/mol. The molecule has 1 N–H and O–H groups in total. The van der Waals surface area contributed by atoms with Crippen LogP contribution in [0.15, 0.2) is 30.3 Å². The summed E-state index contributed by atoms with van der Waals surface area (Å²) < 4.78 is 5.30. The summed E-state index contributed by atoms with van der Waals surface area (Å²) in [5, 5.41) is 11.8. The molecule has 0 aliphatic rings. The number of carboxylic acids is 1. The molecule has 0 aromatic heterocycles. The van der Waals surface area contributed by atoms with E-state index in [2.05, 4.69) is 0 Å². The molecule has 0 heterocycles. The smallest absolute Gasteiger partial charge is 0.424 e. The van der Waals surface area contributed by atoms with E-state index in [-0.39, 0.29) is 12.6 Å². The molecule has 1 rings (SSSR count). The Morgan fingerprint density at radius 2 is 1.77 bits per heavy atom. The maximum absolute atomic E-state index is 12.2. The van der Waals surface area contributed by atoms with Crippen molar-refractivity contribution in [3.05, 3.63) is 35.9 Å². The molecule has 0 bridgehead atoms. The second-order valence-electron chi connectivity index (χ2n) is 6.08. The van der Waals surface area contributed by atoms with Crippen LogP contribution < -0.4 is 0 Å². The summed E-state index contributed by atoms with van der Waals surface area (Å²) in [7, 11) is 1.51. The third kappa shape index (κ3) is 5.37. The largest absolute Gasteiger partial charge is 0.480 e. The second-order valence-corrected chi connectivity index (χ2v) is 6.08. The minimum Gasteiger partial charge on any atom is -0.480 e. The van der Waals surface area contributed by atoms with Gasteiger partial charge in [-0.3, -0.25) is 4.79 Å². The summed E-state index contributed by atoms with van der Waals surface area (Å²) in [6.07, 6.45) is -0.587. The van der Waals surface area contributed by atoms with Crippen LogP contribution in [-0.2, 0) is 9.53 Å². The predicted octanol–water partition coefficient (Wildman–Crippen LogP) is 2.92. The molecule has 1 amide bonds. The molecule has 0 aliphatic heterocycles. The van der Waals surface area contributed by atoms with Crippen LogP contribution in [0.25, 0.3) is 0 Å². The van der Waals surface area contributed by atoms with Crippen molar-refractivity contribution in [3.63, 3.8) is 0 Å². The van der Waals surface area contributed by atoms with Crippen LogP contribution in [0.3, 0.4) is 0 Å². The van der Waals surface area contributed by atoms with Gasteiger partial charge in [-0.15, -0.1) is 0 Å². The third-order valence-corrected chi connectivity index (χ3v) is 3.07. The van der Waals surface area contributed by atoms with E-state index in [0.717, 1.165) is 5.56 Å². The molecule has 22 heavy (non-hydrogen) atoms. The number of carboxylic acid groups (broad SMARTS) is 1. The van der Waals surface area contributed by atoms with Crippen molar-refractivity contribution >= 4 is 12.1 Å². The molecule has 6 heteroatoms. The Morgan fingerprint density at radius 1 is 1.23 bits per heavy atom. The highest BCUT2D eigenvalue weighted by molar-refractivity contribution is 5.71. The highest BCUT2D eigenvalue weighted by Crippen LogP contribution is 2.22. The van der Waals surface area contributed by atoms with Crippen LogP contribution in [0.1, 0.15) is 39.3 Å². The first-order valence-electron chi connectivity index (χ1n) is 7.12. The van der Waals surface area contributed by atoms with E-state index in [0.29, 0.717) is 0 Å². The van der Waals surface area contributed by atoms with E-state index in [1.807, 2.05) is 37.3 Å². The van der Waals surface area contributed by atoms with Crippen LogP contribution in [0.4, 0.5) is 4.79 Å². The van der Waals surface area contributed by atoms with Crippen molar-refractivity contribution in [3.8, 4) is 0 Å². The third-order valence-electron chi connectivity index (χ3n) is 3.07. The van der Waals surface area contributed by atoms with Gasteiger partial charge < -0.3 is 9.84 Å². The lowest BCUT2D eigenvalue weighted by Gasteiger charge is -2.36. The van der Waals surface area contributed by atoms with Gasteiger partial charge >= 0.3 is 12.1 Å². The van der Waals surface area contributed by atoms with Crippen molar-refractivity contribution in [1.82, 2.24) is 10.0 Å². The van der Waals surface area contributed by atoms with Gasteiger partial charge in [-0.2, -0.15) is 5.01 Å². The quantitative estimate of drug-likeness (QED) is 0.847. The summed E-state index contributed by atoms with van der Waals surface area (Å²) in [6, 6.07) is 9.13.